The van der Waals surface area contributed by atoms with Gasteiger partial charge in [0.15, 0.2) is 0 Å². The van der Waals surface area contributed by atoms with E-state index in [1.54, 1.807) is 43.3 Å². The summed E-state index contributed by atoms with van der Waals surface area (Å²) in [6, 6.07) is 17.9. The molecule has 0 saturated heterocycles. The minimum atomic E-state index is -4.67. The average Bonchev–Trinajstić information content (AvgIpc) is 3.14. The molecule has 1 N–H and O–H groups in total. The number of halogens is 3. The maximum absolute atomic E-state index is 13.0. The SMILES string of the molecule is Cc1cc(Nc2cccc(CS(=O)c3ccccc3)c2)n2nc(C(F)(F)F)nc2n1. The highest BCUT2D eigenvalue weighted by atomic mass is 32.2. The normalized spacial score (nSPS) is 12.8. The van der Waals surface area contributed by atoms with E-state index < -0.39 is 22.8 Å². The number of alkyl halides is 3. The van der Waals surface area contributed by atoms with E-state index in [1.165, 1.54) is 0 Å². The van der Waals surface area contributed by atoms with Crippen LogP contribution in [-0.2, 0) is 22.7 Å². The van der Waals surface area contributed by atoms with Gasteiger partial charge in [-0.15, -0.1) is 5.10 Å². The first-order valence-electron chi connectivity index (χ1n) is 8.90. The van der Waals surface area contributed by atoms with E-state index in [4.69, 9.17) is 0 Å². The fraction of sp³-hybridized carbons (Fsp3) is 0.150. The first-order chi connectivity index (χ1) is 14.3. The third-order valence-corrected chi connectivity index (χ3v) is 5.59. The molecule has 2 aromatic heterocycles. The van der Waals surface area contributed by atoms with E-state index in [0.29, 0.717) is 23.0 Å². The summed E-state index contributed by atoms with van der Waals surface area (Å²) < 4.78 is 52.5. The van der Waals surface area contributed by atoms with E-state index in [1.807, 2.05) is 24.3 Å². The van der Waals surface area contributed by atoms with E-state index in [2.05, 4.69) is 20.4 Å². The van der Waals surface area contributed by atoms with Gasteiger partial charge in [0.05, 0.1) is 16.6 Å². The third-order valence-electron chi connectivity index (χ3n) is 4.20. The van der Waals surface area contributed by atoms with Crippen molar-refractivity contribution in [3.8, 4) is 0 Å². The lowest BCUT2D eigenvalue weighted by atomic mass is 10.2. The van der Waals surface area contributed by atoms with Crippen LogP contribution in [0.1, 0.15) is 17.1 Å². The zero-order valence-electron chi connectivity index (χ0n) is 15.7. The van der Waals surface area contributed by atoms with Crippen LogP contribution in [-0.4, -0.2) is 23.8 Å². The summed E-state index contributed by atoms with van der Waals surface area (Å²) in [6.07, 6.45) is -4.67. The molecule has 4 aromatic rings. The van der Waals surface area contributed by atoms with Gasteiger partial charge in [-0.05, 0) is 36.8 Å². The molecule has 0 radical (unpaired) electrons. The average molecular weight is 431 g/mol. The molecule has 0 aliphatic rings. The summed E-state index contributed by atoms with van der Waals surface area (Å²) >= 11 is 0. The second-order valence-electron chi connectivity index (χ2n) is 6.56. The van der Waals surface area contributed by atoms with E-state index in [9.17, 15) is 17.4 Å². The lowest BCUT2D eigenvalue weighted by molar-refractivity contribution is -0.144. The molecular formula is C20H16F3N5OS. The third kappa shape index (κ3) is 4.33. The molecule has 10 heteroatoms. The standard InChI is InChI=1S/C20H16F3N5OS/c1-13-10-17(28-19(24-13)26-18(27-28)20(21,22)23)25-15-7-5-6-14(11-15)12-30(29)16-8-3-2-4-9-16/h2-11,25H,12H2,1H3. The van der Waals surface area contributed by atoms with Crippen molar-refractivity contribution in [2.75, 3.05) is 5.32 Å². The predicted octanol–water partition coefficient (Wildman–Crippen LogP) is 4.50. The molecule has 0 spiro atoms. The monoisotopic (exact) mass is 431 g/mol. The highest BCUT2D eigenvalue weighted by Gasteiger charge is 2.36. The van der Waals surface area contributed by atoms with E-state index in [0.717, 1.165) is 15.0 Å². The summed E-state index contributed by atoms with van der Waals surface area (Å²) in [7, 11) is -1.21. The molecule has 0 aliphatic carbocycles. The summed E-state index contributed by atoms with van der Waals surface area (Å²) in [5.74, 6) is -0.796. The number of nitrogens with zero attached hydrogens (tertiary/aromatic N) is 4. The Kier molecular flexibility index (Phi) is 5.25. The van der Waals surface area contributed by atoms with Gasteiger partial charge in [-0.3, -0.25) is 4.21 Å². The number of anilines is 2. The number of hydrogen-bond donors (Lipinski definition) is 1. The van der Waals surface area contributed by atoms with E-state index in [-0.39, 0.29) is 5.78 Å². The van der Waals surface area contributed by atoms with Crippen molar-refractivity contribution in [1.82, 2.24) is 19.6 Å². The molecule has 1 unspecified atom stereocenters. The van der Waals surface area contributed by atoms with Crippen molar-refractivity contribution < 1.29 is 17.4 Å². The zero-order chi connectivity index (χ0) is 21.3. The second kappa shape index (κ2) is 7.86. The number of fused-ring (bicyclic) bond motifs is 1. The van der Waals surface area contributed by atoms with Gasteiger partial charge >= 0.3 is 6.18 Å². The van der Waals surface area contributed by atoms with Crippen LogP contribution >= 0.6 is 0 Å². The fourth-order valence-corrected chi connectivity index (χ4v) is 4.00. The summed E-state index contributed by atoms with van der Waals surface area (Å²) in [4.78, 5) is 8.21. The molecule has 30 heavy (non-hydrogen) atoms. The molecular weight excluding hydrogens is 415 g/mol. The first kappa shape index (κ1) is 20.0. The summed E-state index contributed by atoms with van der Waals surface area (Å²) in [6.45, 7) is 1.66. The van der Waals surface area contributed by atoms with Crippen molar-refractivity contribution >= 4 is 28.1 Å². The Labute approximate surface area is 172 Å². The van der Waals surface area contributed by atoms with Crippen molar-refractivity contribution in [2.24, 2.45) is 0 Å². The Morgan fingerprint density at radius 1 is 1.03 bits per heavy atom. The number of aryl methyl sites for hydroxylation is 1. The maximum atomic E-state index is 13.0. The quantitative estimate of drug-likeness (QED) is 0.504. The highest BCUT2D eigenvalue weighted by Crippen LogP contribution is 2.28. The van der Waals surface area contributed by atoms with Crippen molar-refractivity contribution in [3.05, 3.63) is 77.7 Å². The van der Waals surface area contributed by atoms with Crippen LogP contribution in [0.15, 0.2) is 65.6 Å². The molecule has 0 fully saturated rings. The van der Waals surface area contributed by atoms with Gasteiger partial charge < -0.3 is 5.32 Å². The Morgan fingerprint density at radius 3 is 2.53 bits per heavy atom. The van der Waals surface area contributed by atoms with Gasteiger partial charge in [0.1, 0.15) is 5.82 Å². The van der Waals surface area contributed by atoms with Crippen LogP contribution in [0.25, 0.3) is 5.78 Å². The van der Waals surface area contributed by atoms with Crippen LogP contribution in [0.4, 0.5) is 24.7 Å². The Hall–Kier alpha value is -3.27. The Bertz CT molecular complexity index is 1220. The molecule has 1 atom stereocenters. The predicted molar refractivity (Wildman–Crippen MR) is 107 cm³/mol. The molecule has 0 bridgehead atoms. The Morgan fingerprint density at radius 2 is 1.80 bits per heavy atom. The number of nitrogens with one attached hydrogen (secondary N) is 1. The van der Waals surface area contributed by atoms with Crippen molar-refractivity contribution in [3.63, 3.8) is 0 Å². The van der Waals surface area contributed by atoms with Gasteiger partial charge in [-0.2, -0.15) is 22.7 Å². The molecule has 0 amide bonds. The number of benzene rings is 2. The lowest BCUT2D eigenvalue weighted by Gasteiger charge is -2.10. The molecule has 2 aromatic carbocycles. The molecule has 2 heterocycles. The Balaban J connectivity index is 1.62. The van der Waals surface area contributed by atoms with Crippen LogP contribution in [0.5, 0.6) is 0 Å². The van der Waals surface area contributed by atoms with Crippen LogP contribution in [0.3, 0.4) is 0 Å². The second-order valence-corrected chi connectivity index (χ2v) is 8.01. The van der Waals surface area contributed by atoms with E-state index >= 15 is 0 Å². The molecule has 6 nitrogen and oxygen atoms in total. The van der Waals surface area contributed by atoms with Gasteiger partial charge in [-0.1, -0.05) is 30.3 Å². The zero-order valence-corrected chi connectivity index (χ0v) is 16.5. The molecule has 0 saturated carbocycles. The van der Waals surface area contributed by atoms with Gasteiger partial charge in [0, 0.05) is 22.3 Å². The van der Waals surface area contributed by atoms with Crippen LogP contribution in [0.2, 0.25) is 0 Å². The topological polar surface area (TPSA) is 72.2 Å². The van der Waals surface area contributed by atoms with Gasteiger partial charge in [0.2, 0.25) is 0 Å². The largest absolute Gasteiger partial charge is 0.453 e. The first-order valence-corrected chi connectivity index (χ1v) is 10.2. The highest BCUT2D eigenvalue weighted by molar-refractivity contribution is 7.84. The van der Waals surface area contributed by atoms with Crippen molar-refractivity contribution in [2.45, 2.75) is 23.7 Å². The minimum absolute atomic E-state index is 0.147. The summed E-state index contributed by atoms with van der Waals surface area (Å²) in [5.41, 5.74) is 1.93. The van der Waals surface area contributed by atoms with Crippen LogP contribution < -0.4 is 5.32 Å². The number of aromatic nitrogens is 4. The minimum Gasteiger partial charge on any atom is -0.340 e. The smallest absolute Gasteiger partial charge is 0.340 e. The number of rotatable bonds is 5. The molecule has 0 aliphatic heterocycles. The van der Waals surface area contributed by atoms with Gasteiger partial charge in [0.25, 0.3) is 11.6 Å². The summed E-state index contributed by atoms with van der Waals surface area (Å²) in [5, 5.41) is 6.60. The number of hydrogen-bond acceptors (Lipinski definition) is 5. The van der Waals surface area contributed by atoms with Gasteiger partial charge in [-0.25, -0.2) is 4.98 Å². The molecule has 4 rings (SSSR count). The maximum Gasteiger partial charge on any atom is 0.453 e. The lowest BCUT2D eigenvalue weighted by Crippen LogP contribution is -2.08. The molecule has 154 valence electrons. The van der Waals surface area contributed by atoms with Crippen LogP contribution in [0, 0.1) is 6.92 Å². The van der Waals surface area contributed by atoms with Crippen molar-refractivity contribution in [1.29, 1.82) is 0 Å². The fourth-order valence-electron chi connectivity index (χ4n) is 2.89.